The normalized spacial score (nSPS) is 11.7. The Labute approximate surface area is 148 Å². The van der Waals surface area contributed by atoms with Crippen molar-refractivity contribution in [2.45, 2.75) is 26.8 Å². The third-order valence-electron chi connectivity index (χ3n) is 4.04. The smallest absolute Gasteiger partial charge is 0.254 e. The van der Waals surface area contributed by atoms with Gasteiger partial charge in [0.2, 0.25) is 0 Å². The lowest BCUT2D eigenvalue weighted by atomic mass is 10.1. The number of carbonyl (C=O) groups excluding carboxylic acids is 1. The third-order valence-corrected chi connectivity index (χ3v) is 4.04. The Hall–Kier alpha value is -2.56. The minimum Gasteiger partial charge on any atom is -0.490 e. The average molecular weight is 345 g/mol. The number of carbonyl (C=O) groups is 1. The number of hydrogen-bond acceptors (Lipinski definition) is 3. The fourth-order valence-corrected chi connectivity index (χ4v) is 2.53. The van der Waals surface area contributed by atoms with Crippen molar-refractivity contribution in [3.8, 4) is 11.5 Å². The molecule has 0 aliphatic rings. The molecule has 0 saturated carbocycles. The maximum Gasteiger partial charge on any atom is 0.254 e. The summed E-state index contributed by atoms with van der Waals surface area (Å²) in [5.41, 5.74) is 1.39. The predicted octanol–water partition coefficient (Wildman–Crippen LogP) is 4.46. The summed E-state index contributed by atoms with van der Waals surface area (Å²) in [6.45, 7) is 6.69. The molecule has 0 N–H and O–H groups in total. The van der Waals surface area contributed by atoms with Crippen molar-refractivity contribution in [1.82, 2.24) is 4.90 Å². The van der Waals surface area contributed by atoms with Crippen molar-refractivity contribution in [2.24, 2.45) is 0 Å². The van der Waals surface area contributed by atoms with E-state index in [0.717, 1.165) is 5.56 Å². The molecule has 4 nitrogen and oxygen atoms in total. The summed E-state index contributed by atoms with van der Waals surface area (Å²) in [6.07, 6.45) is 0. The van der Waals surface area contributed by atoms with E-state index in [1.165, 1.54) is 12.1 Å². The van der Waals surface area contributed by atoms with E-state index >= 15 is 0 Å². The zero-order valence-electron chi connectivity index (χ0n) is 15.1. The quantitative estimate of drug-likeness (QED) is 0.744. The summed E-state index contributed by atoms with van der Waals surface area (Å²) in [5, 5.41) is 0. The Bertz CT molecular complexity index is 715. The Morgan fingerprint density at radius 1 is 1.04 bits per heavy atom. The minimum absolute atomic E-state index is 0.138. The lowest BCUT2D eigenvalue weighted by molar-refractivity contribution is 0.0742. The van der Waals surface area contributed by atoms with Crippen molar-refractivity contribution >= 4 is 5.91 Å². The molecular formula is C20H24FNO3. The monoisotopic (exact) mass is 345 g/mol. The standard InChI is InChI=1S/C20H24FNO3/c1-5-24-18-12-9-16(13-19(18)25-6-2)20(23)22(4)14(3)15-7-10-17(21)11-8-15/h7-14H,5-6H2,1-4H3. The van der Waals surface area contributed by atoms with Gasteiger partial charge in [-0.1, -0.05) is 12.1 Å². The molecule has 0 aliphatic heterocycles. The molecule has 0 fully saturated rings. The first kappa shape index (κ1) is 18.8. The third kappa shape index (κ3) is 4.50. The van der Waals surface area contributed by atoms with E-state index in [1.807, 2.05) is 20.8 Å². The first-order chi connectivity index (χ1) is 12.0. The molecule has 2 aromatic carbocycles. The van der Waals surface area contributed by atoms with Crippen molar-refractivity contribution in [3.05, 3.63) is 59.4 Å². The van der Waals surface area contributed by atoms with Crippen molar-refractivity contribution in [2.75, 3.05) is 20.3 Å². The Morgan fingerprint density at radius 3 is 2.24 bits per heavy atom. The lowest BCUT2D eigenvalue weighted by Gasteiger charge is -2.26. The Kier molecular flexibility index (Phi) is 6.39. The van der Waals surface area contributed by atoms with Crippen LogP contribution >= 0.6 is 0 Å². The number of halogens is 1. The van der Waals surface area contributed by atoms with Crippen LogP contribution in [0.4, 0.5) is 4.39 Å². The number of hydrogen-bond donors (Lipinski definition) is 0. The highest BCUT2D eigenvalue weighted by Gasteiger charge is 2.20. The summed E-state index contributed by atoms with van der Waals surface area (Å²) in [7, 11) is 1.73. The molecule has 25 heavy (non-hydrogen) atoms. The fraction of sp³-hybridized carbons (Fsp3) is 0.350. The topological polar surface area (TPSA) is 38.8 Å². The molecule has 5 heteroatoms. The van der Waals surface area contributed by atoms with Crippen LogP contribution < -0.4 is 9.47 Å². The highest BCUT2D eigenvalue weighted by atomic mass is 19.1. The molecule has 0 spiro atoms. The van der Waals surface area contributed by atoms with Gasteiger partial charge in [0.1, 0.15) is 5.82 Å². The number of ether oxygens (including phenoxy) is 2. The molecule has 0 heterocycles. The zero-order chi connectivity index (χ0) is 18.4. The van der Waals surface area contributed by atoms with Crippen molar-refractivity contribution in [1.29, 1.82) is 0 Å². The van der Waals surface area contributed by atoms with Gasteiger partial charge in [-0.2, -0.15) is 0 Å². The summed E-state index contributed by atoms with van der Waals surface area (Å²) >= 11 is 0. The maximum absolute atomic E-state index is 13.1. The minimum atomic E-state index is -0.294. The molecule has 2 rings (SSSR count). The van der Waals surface area contributed by atoms with E-state index in [-0.39, 0.29) is 17.8 Å². The molecule has 1 atom stereocenters. The van der Waals surface area contributed by atoms with Crippen LogP contribution in [0.2, 0.25) is 0 Å². The Morgan fingerprint density at radius 2 is 1.64 bits per heavy atom. The largest absolute Gasteiger partial charge is 0.490 e. The van der Waals surface area contributed by atoms with Crippen LogP contribution in [0.15, 0.2) is 42.5 Å². The van der Waals surface area contributed by atoms with Crippen LogP contribution in [-0.4, -0.2) is 31.1 Å². The maximum atomic E-state index is 13.1. The van der Waals surface area contributed by atoms with Gasteiger partial charge in [0.05, 0.1) is 19.3 Å². The lowest BCUT2D eigenvalue weighted by Crippen LogP contribution is -2.29. The van der Waals surface area contributed by atoms with Gasteiger partial charge in [-0.3, -0.25) is 4.79 Å². The molecule has 0 saturated heterocycles. The second-order valence-electron chi connectivity index (χ2n) is 5.67. The SMILES string of the molecule is CCOc1ccc(C(=O)N(C)C(C)c2ccc(F)cc2)cc1OCC. The van der Waals surface area contributed by atoms with Crippen LogP contribution in [0.5, 0.6) is 11.5 Å². The van der Waals surface area contributed by atoms with Gasteiger partial charge >= 0.3 is 0 Å². The van der Waals surface area contributed by atoms with E-state index in [0.29, 0.717) is 30.3 Å². The summed E-state index contributed by atoms with van der Waals surface area (Å²) < 4.78 is 24.2. The summed E-state index contributed by atoms with van der Waals surface area (Å²) in [5.74, 6) is 0.742. The van der Waals surface area contributed by atoms with E-state index < -0.39 is 0 Å². The molecule has 0 radical (unpaired) electrons. The Balaban J connectivity index is 2.23. The molecule has 0 aliphatic carbocycles. The molecule has 2 aromatic rings. The van der Waals surface area contributed by atoms with Gasteiger partial charge in [0, 0.05) is 12.6 Å². The number of benzene rings is 2. The highest BCUT2D eigenvalue weighted by Crippen LogP contribution is 2.30. The van der Waals surface area contributed by atoms with Gasteiger partial charge < -0.3 is 14.4 Å². The van der Waals surface area contributed by atoms with Gasteiger partial charge in [-0.15, -0.1) is 0 Å². The fourth-order valence-electron chi connectivity index (χ4n) is 2.53. The molecule has 1 amide bonds. The molecule has 134 valence electrons. The van der Waals surface area contributed by atoms with Gasteiger partial charge in [0.25, 0.3) is 5.91 Å². The first-order valence-electron chi connectivity index (χ1n) is 8.40. The van der Waals surface area contributed by atoms with Crippen LogP contribution in [-0.2, 0) is 0 Å². The molecule has 1 unspecified atom stereocenters. The zero-order valence-corrected chi connectivity index (χ0v) is 15.1. The van der Waals surface area contributed by atoms with Gasteiger partial charge in [-0.25, -0.2) is 4.39 Å². The van der Waals surface area contributed by atoms with Crippen LogP contribution in [0.3, 0.4) is 0 Å². The van der Waals surface area contributed by atoms with Crippen molar-refractivity contribution < 1.29 is 18.7 Å². The van der Waals surface area contributed by atoms with E-state index in [4.69, 9.17) is 9.47 Å². The number of nitrogens with zero attached hydrogens (tertiary/aromatic N) is 1. The van der Waals surface area contributed by atoms with Gasteiger partial charge in [0.15, 0.2) is 11.5 Å². The predicted molar refractivity (Wildman–Crippen MR) is 95.7 cm³/mol. The van der Waals surface area contributed by atoms with Crippen LogP contribution in [0.25, 0.3) is 0 Å². The van der Waals surface area contributed by atoms with Crippen LogP contribution in [0, 0.1) is 5.82 Å². The van der Waals surface area contributed by atoms with Crippen LogP contribution in [0.1, 0.15) is 42.7 Å². The summed E-state index contributed by atoms with van der Waals surface area (Å²) in [4.78, 5) is 14.4. The van der Waals surface area contributed by atoms with E-state index in [2.05, 4.69) is 0 Å². The van der Waals surface area contributed by atoms with Gasteiger partial charge in [-0.05, 0) is 56.7 Å². The van der Waals surface area contributed by atoms with E-state index in [1.54, 1.807) is 42.3 Å². The number of amides is 1. The number of rotatable bonds is 7. The molecular weight excluding hydrogens is 321 g/mol. The van der Waals surface area contributed by atoms with Crippen molar-refractivity contribution in [3.63, 3.8) is 0 Å². The highest BCUT2D eigenvalue weighted by molar-refractivity contribution is 5.95. The second-order valence-corrected chi connectivity index (χ2v) is 5.67. The average Bonchev–Trinajstić information content (AvgIpc) is 2.62. The first-order valence-corrected chi connectivity index (χ1v) is 8.40. The van der Waals surface area contributed by atoms with E-state index in [9.17, 15) is 9.18 Å². The molecule has 0 bridgehead atoms. The molecule has 0 aromatic heterocycles. The second kappa shape index (κ2) is 8.51. The summed E-state index contributed by atoms with van der Waals surface area (Å²) in [6, 6.07) is 11.2.